The third-order valence-corrected chi connectivity index (χ3v) is 3.59. The fourth-order valence-electron chi connectivity index (χ4n) is 2.20. The van der Waals surface area contributed by atoms with Gasteiger partial charge in [0, 0.05) is 12.0 Å². The van der Waals surface area contributed by atoms with E-state index < -0.39 is 12.5 Å². The first kappa shape index (κ1) is 13.7. The first-order chi connectivity index (χ1) is 8.90. The summed E-state index contributed by atoms with van der Waals surface area (Å²) >= 11 is 0. The van der Waals surface area contributed by atoms with E-state index in [1.165, 1.54) is 0 Å². The van der Waals surface area contributed by atoms with Gasteiger partial charge in [0.2, 0.25) is 5.91 Å². The molecule has 0 aromatic heterocycles. The Morgan fingerprint density at radius 1 is 1.47 bits per heavy atom. The SMILES string of the molecule is CC(C)(CN)c1ccc2c(c1)CC(=O)N2C(=O)CO. The zero-order chi connectivity index (χ0) is 14.2. The van der Waals surface area contributed by atoms with Crippen molar-refractivity contribution in [3.8, 4) is 0 Å². The van der Waals surface area contributed by atoms with Gasteiger partial charge in [0.1, 0.15) is 6.61 Å². The number of aliphatic hydroxyl groups excluding tert-OH is 1. The highest BCUT2D eigenvalue weighted by Gasteiger charge is 2.33. The van der Waals surface area contributed by atoms with Crippen LogP contribution in [0.4, 0.5) is 5.69 Å². The van der Waals surface area contributed by atoms with E-state index >= 15 is 0 Å². The van der Waals surface area contributed by atoms with Crippen LogP contribution in [-0.2, 0) is 21.4 Å². The molecule has 0 unspecified atom stereocenters. The maximum atomic E-state index is 11.8. The molecule has 1 heterocycles. The molecule has 0 fully saturated rings. The van der Waals surface area contributed by atoms with Gasteiger partial charge in [0.15, 0.2) is 0 Å². The van der Waals surface area contributed by atoms with E-state index in [4.69, 9.17) is 10.8 Å². The van der Waals surface area contributed by atoms with E-state index in [1.807, 2.05) is 26.0 Å². The van der Waals surface area contributed by atoms with Gasteiger partial charge >= 0.3 is 0 Å². The summed E-state index contributed by atoms with van der Waals surface area (Å²) in [6.45, 7) is 3.89. The molecule has 1 aliphatic heterocycles. The number of hydrogen-bond donors (Lipinski definition) is 2. The minimum absolute atomic E-state index is 0.174. The Morgan fingerprint density at radius 3 is 2.74 bits per heavy atom. The highest BCUT2D eigenvalue weighted by atomic mass is 16.3. The molecule has 2 amide bonds. The summed E-state index contributed by atoms with van der Waals surface area (Å²) in [5, 5.41) is 8.90. The number of fused-ring (bicyclic) bond motifs is 1. The Hall–Kier alpha value is -1.72. The van der Waals surface area contributed by atoms with Gasteiger partial charge in [-0.25, -0.2) is 4.90 Å². The van der Waals surface area contributed by atoms with E-state index in [0.717, 1.165) is 16.0 Å². The van der Waals surface area contributed by atoms with Crippen molar-refractivity contribution >= 4 is 17.5 Å². The normalized spacial score (nSPS) is 14.7. The first-order valence-corrected chi connectivity index (χ1v) is 6.21. The lowest BCUT2D eigenvalue weighted by atomic mass is 9.84. The van der Waals surface area contributed by atoms with Gasteiger partial charge in [-0.3, -0.25) is 9.59 Å². The molecular formula is C14H18N2O3. The van der Waals surface area contributed by atoms with Gasteiger partial charge in [-0.2, -0.15) is 0 Å². The van der Waals surface area contributed by atoms with Crippen molar-refractivity contribution in [2.24, 2.45) is 5.73 Å². The van der Waals surface area contributed by atoms with E-state index in [9.17, 15) is 9.59 Å². The Balaban J connectivity index is 2.43. The quantitative estimate of drug-likeness (QED) is 0.822. The monoisotopic (exact) mass is 262 g/mol. The van der Waals surface area contributed by atoms with Crippen LogP contribution in [0, 0.1) is 0 Å². The van der Waals surface area contributed by atoms with Gasteiger partial charge < -0.3 is 10.8 Å². The number of anilines is 1. The summed E-state index contributed by atoms with van der Waals surface area (Å²) in [6, 6.07) is 5.55. The molecule has 2 rings (SSSR count). The molecule has 0 saturated heterocycles. The average Bonchev–Trinajstić information content (AvgIpc) is 2.72. The fourth-order valence-corrected chi connectivity index (χ4v) is 2.20. The van der Waals surface area contributed by atoms with Crippen molar-refractivity contribution < 1.29 is 14.7 Å². The predicted octanol–water partition coefficient (Wildman–Crippen LogP) is 0.331. The van der Waals surface area contributed by atoms with Gasteiger partial charge in [0.25, 0.3) is 5.91 Å². The number of imide groups is 1. The van der Waals surface area contributed by atoms with Crippen LogP contribution in [-0.4, -0.2) is 30.1 Å². The van der Waals surface area contributed by atoms with Crippen molar-refractivity contribution in [2.75, 3.05) is 18.1 Å². The molecule has 1 aliphatic rings. The molecule has 19 heavy (non-hydrogen) atoms. The second-order valence-corrected chi connectivity index (χ2v) is 5.39. The van der Waals surface area contributed by atoms with Gasteiger partial charge in [-0.15, -0.1) is 0 Å². The summed E-state index contributed by atoms with van der Waals surface area (Å²) in [4.78, 5) is 24.4. The second-order valence-electron chi connectivity index (χ2n) is 5.39. The molecular weight excluding hydrogens is 244 g/mol. The molecule has 0 bridgehead atoms. The summed E-state index contributed by atoms with van der Waals surface area (Å²) in [6.07, 6.45) is 0.190. The zero-order valence-corrected chi connectivity index (χ0v) is 11.1. The number of hydrogen-bond acceptors (Lipinski definition) is 4. The van der Waals surface area contributed by atoms with Crippen molar-refractivity contribution in [1.29, 1.82) is 0 Å². The molecule has 0 atom stereocenters. The van der Waals surface area contributed by atoms with Crippen LogP contribution in [0.3, 0.4) is 0 Å². The molecule has 102 valence electrons. The highest BCUT2D eigenvalue weighted by molar-refractivity contribution is 6.19. The lowest BCUT2D eigenvalue weighted by molar-refractivity contribution is -0.127. The van der Waals surface area contributed by atoms with Crippen LogP contribution < -0.4 is 10.6 Å². The van der Waals surface area contributed by atoms with Crippen molar-refractivity contribution in [3.63, 3.8) is 0 Å². The van der Waals surface area contributed by atoms with Crippen LogP contribution in [0.1, 0.15) is 25.0 Å². The molecule has 0 aliphatic carbocycles. The summed E-state index contributed by atoms with van der Waals surface area (Å²) in [5.41, 5.74) is 7.99. The number of carbonyl (C=O) groups is 2. The summed E-state index contributed by atoms with van der Waals surface area (Å²) in [7, 11) is 0. The van der Waals surface area contributed by atoms with Crippen LogP contribution >= 0.6 is 0 Å². The molecule has 1 aromatic carbocycles. The maximum absolute atomic E-state index is 11.8. The maximum Gasteiger partial charge on any atom is 0.259 e. The molecule has 5 heteroatoms. The van der Waals surface area contributed by atoms with Gasteiger partial charge in [-0.05, 0) is 17.2 Å². The molecule has 5 nitrogen and oxygen atoms in total. The van der Waals surface area contributed by atoms with Crippen molar-refractivity contribution in [3.05, 3.63) is 29.3 Å². The van der Waals surface area contributed by atoms with E-state index in [1.54, 1.807) is 6.07 Å². The molecule has 0 radical (unpaired) electrons. The third kappa shape index (κ3) is 2.27. The molecule has 1 aromatic rings. The van der Waals surface area contributed by atoms with Gasteiger partial charge in [0.05, 0.1) is 12.1 Å². The highest BCUT2D eigenvalue weighted by Crippen LogP contribution is 2.33. The smallest absolute Gasteiger partial charge is 0.259 e. The number of nitrogens with zero attached hydrogens (tertiary/aromatic N) is 1. The largest absolute Gasteiger partial charge is 0.387 e. The number of nitrogens with two attached hydrogens (primary N) is 1. The summed E-state index contributed by atoms with van der Waals surface area (Å²) in [5.74, 6) is -0.883. The first-order valence-electron chi connectivity index (χ1n) is 6.21. The van der Waals surface area contributed by atoms with Crippen molar-refractivity contribution in [1.82, 2.24) is 0 Å². The van der Waals surface area contributed by atoms with Crippen LogP contribution in [0.2, 0.25) is 0 Å². The van der Waals surface area contributed by atoms with E-state index in [0.29, 0.717) is 12.2 Å². The lowest BCUT2D eigenvalue weighted by Gasteiger charge is -2.24. The molecule has 0 saturated carbocycles. The standard InChI is InChI=1S/C14H18N2O3/c1-14(2,8-15)10-3-4-11-9(5-10)6-12(18)16(11)13(19)7-17/h3-5,17H,6-8,15H2,1-2H3. The molecule has 0 spiro atoms. The second kappa shape index (κ2) is 4.75. The number of rotatable bonds is 3. The molecule has 3 N–H and O–H groups in total. The minimum Gasteiger partial charge on any atom is -0.387 e. The third-order valence-electron chi connectivity index (χ3n) is 3.59. The van der Waals surface area contributed by atoms with Crippen LogP contribution in [0.15, 0.2) is 18.2 Å². The topological polar surface area (TPSA) is 83.6 Å². The average molecular weight is 262 g/mol. The lowest BCUT2D eigenvalue weighted by Crippen LogP contribution is -2.35. The van der Waals surface area contributed by atoms with E-state index in [2.05, 4.69) is 0 Å². The Bertz CT molecular complexity index is 537. The summed E-state index contributed by atoms with van der Waals surface area (Å²) < 4.78 is 0. The van der Waals surface area contributed by atoms with Crippen molar-refractivity contribution in [2.45, 2.75) is 25.7 Å². The number of amides is 2. The Morgan fingerprint density at radius 2 is 2.16 bits per heavy atom. The van der Waals surface area contributed by atoms with Crippen LogP contribution in [0.25, 0.3) is 0 Å². The zero-order valence-electron chi connectivity index (χ0n) is 11.1. The predicted molar refractivity (Wildman–Crippen MR) is 71.8 cm³/mol. The number of benzene rings is 1. The van der Waals surface area contributed by atoms with Gasteiger partial charge in [-0.1, -0.05) is 26.0 Å². The minimum atomic E-state index is -0.665. The van der Waals surface area contributed by atoms with Crippen LogP contribution in [0.5, 0.6) is 0 Å². The number of aliphatic hydroxyl groups is 1. The fraction of sp³-hybridized carbons (Fsp3) is 0.429. The Kier molecular flexibility index (Phi) is 3.43. The van der Waals surface area contributed by atoms with E-state index in [-0.39, 0.29) is 17.7 Å². The number of carbonyl (C=O) groups excluding carboxylic acids is 2. The Labute approximate surface area is 112 Å².